The van der Waals surface area contributed by atoms with Gasteiger partial charge in [-0.15, -0.1) is 0 Å². The minimum atomic E-state index is 0.0876. The first-order chi connectivity index (χ1) is 12.7. The summed E-state index contributed by atoms with van der Waals surface area (Å²) in [5.41, 5.74) is 2.70. The van der Waals surface area contributed by atoms with E-state index in [1.165, 1.54) is 11.8 Å². The van der Waals surface area contributed by atoms with Crippen molar-refractivity contribution in [1.29, 1.82) is 0 Å². The van der Waals surface area contributed by atoms with Gasteiger partial charge in [-0.05, 0) is 42.0 Å². The quantitative estimate of drug-likeness (QED) is 0.502. The van der Waals surface area contributed by atoms with Crippen molar-refractivity contribution in [3.8, 4) is 5.75 Å². The Kier molecular flexibility index (Phi) is 4.83. The van der Waals surface area contributed by atoms with Gasteiger partial charge in [-0.3, -0.25) is 4.79 Å². The number of carbonyl (C=O) groups is 1. The molecule has 0 bridgehead atoms. The number of Topliss-reactive ketones (excluding diaryl/α,β-unsaturated/α-hetero) is 1. The average Bonchev–Trinajstić information content (AvgIpc) is 2.98. The summed E-state index contributed by atoms with van der Waals surface area (Å²) in [6.45, 7) is 0.420. The molecule has 0 amide bonds. The number of halogens is 1. The molecule has 3 aromatic carbocycles. The van der Waals surface area contributed by atoms with Gasteiger partial charge in [0, 0.05) is 21.0 Å². The lowest BCUT2D eigenvalue weighted by Crippen LogP contribution is -1.96. The summed E-state index contributed by atoms with van der Waals surface area (Å²) in [4.78, 5) is 14.2. The lowest BCUT2D eigenvalue weighted by Gasteiger charge is -2.08. The Bertz CT molecular complexity index is 993. The van der Waals surface area contributed by atoms with Crippen molar-refractivity contribution in [3.05, 3.63) is 99.4 Å². The predicted octanol–water partition coefficient (Wildman–Crippen LogP) is 6.25. The fourth-order valence-electron chi connectivity index (χ4n) is 2.72. The van der Waals surface area contributed by atoms with Crippen LogP contribution in [0, 0.1) is 0 Å². The van der Waals surface area contributed by atoms with E-state index in [9.17, 15) is 4.79 Å². The third kappa shape index (κ3) is 3.55. The molecule has 4 heteroatoms. The van der Waals surface area contributed by atoms with Crippen LogP contribution < -0.4 is 4.74 Å². The molecule has 128 valence electrons. The van der Waals surface area contributed by atoms with Gasteiger partial charge in [0.1, 0.15) is 12.4 Å². The van der Waals surface area contributed by atoms with Crippen LogP contribution in [0.2, 0.25) is 5.02 Å². The van der Waals surface area contributed by atoms with E-state index in [0.717, 1.165) is 32.2 Å². The maximum absolute atomic E-state index is 12.4. The molecule has 3 aromatic rings. The zero-order valence-electron chi connectivity index (χ0n) is 13.8. The normalized spacial score (nSPS) is 14.5. The Morgan fingerprint density at radius 1 is 0.923 bits per heavy atom. The number of fused-ring (bicyclic) bond motifs is 1. The van der Waals surface area contributed by atoms with Crippen LogP contribution in [0.3, 0.4) is 0 Å². The molecule has 0 aromatic heterocycles. The van der Waals surface area contributed by atoms with Crippen LogP contribution in [-0.4, -0.2) is 5.78 Å². The zero-order chi connectivity index (χ0) is 17.9. The topological polar surface area (TPSA) is 26.3 Å². The molecule has 1 aliphatic rings. The van der Waals surface area contributed by atoms with E-state index in [4.69, 9.17) is 16.3 Å². The van der Waals surface area contributed by atoms with E-state index < -0.39 is 0 Å². The molecule has 4 rings (SSSR count). The molecule has 0 aliphatic carbocycles. The van der Waals surface area contributed by atoms with E-state index >= 15 is 0 Å². The molecular formula is C22H15ClO2S. The molecule has 0 spiro atoms. The SMILES string of the molecule is O=C1/C(=C\c2ccc(OCc3ccccc3Cl)cc2)Sc2ccccc21. The third-order valence-corrected chi connectivity index (χ3v) is 5.57. The fourth-order valence-corrected chi connectivity index (χ4v) is 3.97. The van der Waals surface area contributed by atoms with E-state index in [-0.39, 0.29) is 5.78 Å². The van der Waals surface area contributed by atoms with Gasteiger partial charge in [0.05, 0.1) is 4.91 Å². The van der Waals surface area contributed by atoms with E-state index in [0.29, 0.717) is 11.6 Å². The van der Waals surface area contributed by atoms with Crippen LogP contribution in [0.1, 0.15) is 21.5 Å². The van der Waals surface area contributed by atoms with Crippen LogP contribution in [0.25, 0.3) is 6.08 Å². The van der Waals surface area contributed by atoms with Crippen molar-refractivity contribution in [3.63, 3.8) is 0 Å². The second-order valence-corrected chi connectivity index (χ2v) is 7.38. The third-order valence-electron chi connectivity index (χ3n) is 4.11. The van der Waals surface area contributed by atoms with Crippen LogP contribution in [0.4, 0.5) is 0 Å². The Morgan fingerprint density at radius 2 is 1.65 bits per heavy atom. The number of ketones is 1. The number of carbonyl (C=O) groups excluding carboxylic acids is 1. The maximum Gasteiger partial charge on any atom is 0.200 e. The molecule has 1 heterocycles. The first kappa shape index (κ1) is 17.0. The van der Waals surface area contributed by atoms with Gasteiger partial charge in [-0.25, -0.2) is 0 Å². The number of benzene rings is 3. The van der Waals surface area contributed by atoms with E-state index in [2.05, 4.69) is 0 Å². The summed E-state index contributed by atoms with van der Waals surface area (Å²) in [5.74, 6) is 0.852. The molecule has 0 atom stereocenters. The molecule has 0 saturated heterocycles. The smallest absolute Gasteiger partial charge is 0.200 e. The van der Waals surface area contributed by atoms with Crippen molar-refractivity contribution in [1.82, 2.24) is 0 Å². The van der Waals surface area contributed by atoms with Gasteiger partial charge in [0.2, 0.25) is 5.78 Å². The highest BCUT2D eigenvalue weighted by atomic mass is 35.5. The lowest BCUT2D eigenvalue weighted by molar-refractivity contribution is 0.104. The summed E-state index contributed by atoms with van der Waals surface area (Å²) >= 11 is 7.66. The Labute approximate surface area is 161 Å². The first-order valence-electron chi connectivity index (χ1n) is 8.20. The van der Waals surface area contributed by atoms with Crippen molar-refractivity contribution < 1.29 is 9.53 Å². The summed E-state index contributed by atoms with van der Waals surface area (Å²) in [5, 5.41) is 0.699. The maximum atomic E-state index is 12.4. The lowest BCUT2D eigenvalue weighted by atomic mass is 10.1. The molecule has 0 unspecified atom stereocenters. The van der Waals surface area contributed by atoms with Crippen LogP contribution in [-0.2, 0) is 6.61 Å². The minimum absolute atomic E-state index is 0.0876. The van der Waals surface area contributed by atoms with Gasteiger partial charge < -0.3 is 4.74 Å². The van der Waals surface area contributed by atoms with Gasteiger partial charge >= 0.3 is 0 Å². The second-order valence-electron chi connectivity index (χ2n) is 5.89. The van der Waals surface area contributed by atoms with Gasteiger partial charge in [-0.2, -0.15) is 0 Å². The predicted molar refractivity (Wildman–Crippen MR) is 107 cm³/mol. The highest BCUT2D eigenvalue weighted by Gasteiger charge is 2.24. The second kappa shape index (κ2) is 7.40. The van der Waals surface area contributed by atoms with Gasteiger partial charge in [-0.1, -0.05) is 65.8 Å². The van der Waals surface area contributed by atoms with Gasteiger partial charge in [0.15, 0.2) is 0 Å². The van der Waals surface area contributed by atoms with E-state index in [1.807, 2.05) is 78.9 Å². The molecule has 0 radical (unpaired) electrons. The van der Waals surface area contributed by atoms with Crippen LogP contribution in [0.5, 0.6) is 5.75 Å². The number of hydrogen-bond donors (Lipinski definition) is 0. The number of hydrogen-bond acceptors (Lipinski definition) is 3. The van der Waals surface area contributed by atoms with Crippen molar-refractivity contribution in [2.45, 2.75) is 11.5 Å². The molecule has 1 aliphatic heterocycles. The summed E-state index contributed by atoms with van der Waals surface area (Å²) in [6.07, 6.45) is 1.92. The number of thioether (sulfide) groups is 1. The minimum Gasteiger partial charge on any atom is -0.489 e. The molecule has 26 heavy (non-hydrogen) atoms. The fraction of sp³-hybridized carbons (Fsp3) is 0.0455. The standard InChI is InChI=1S/C22H15ClO2S/c23-19-7-3-1-5-16(19)14-25-17-11-9-15(10-12-17)13-21-22(24)18-6-2-4-8-20(18)26-21/h1-13H,14H2/b21-13+. The highest BCUT2D eigenvalue weighted by Crippen LogP contribution is 2.40. The largest absolute Gasteiger partial charge is 0.489 e. The van der Waals surface area contributed by atoms with Crippen LogP contribution >= 0.6 is 23.4 Å². The van der Waals surface area contributed by atoms with Crippen molar-refractivity contribution in [2.75, 3.05) is 0 Å². The summed E-state index contributed by atoms with van der Waals surface area (Å²) in [6, 6.07) is 23.0. The highest BCUT2D eigenvalue weighted by molar-refractivity contribution is 8.04. The number of allylic oxidation sites excluding steroid dienone is 1. The van der Waals surface area contributed by atoms with Gasteiger partial charge in [0.25, 0.3) is 0 Å². The number of rotatable bonds is 4. The first-order valence-corrected chi connectivity index (χ1v) is 9.40. The summed E-state index contributed by atoms with van der Waals surface area (Å²) < 4.78 is 5.79. The molecule has 0 N–H and O–H groups in total. The monoisotopic (exact) mass is 378 g/mol. The van der Waals surface area contributed by atoms with Crippen LogP contribution in [0.15, 0.2) is 82.6 Å². The number of ether oxygens (including phenoxy) is 1. The Morgan fingerprint density at radius 3 is 2.42 bits per heavy atom. The summed E-state index contributed by atoms with van der Waals surface area (Å²) in [7, 11) is 0. The average molecular weight is 379 g/mol. The molecule has 0 fully saturated rings. The molecule has 2 nitrogen and oxygen atoms in total. The Hall–Kier alpha value is -2.49. The van der Waals surface area contributed by atoms with Crippen molar-refractivity contribution in [2.24, 2.45) is 0 Å². The Balaban J connectivity index is 1.45. The molecule has 0 saturated carbocycles. The van der Waals surface area contributed by atoms with Crippen molar-refractivity contribution >= 4 is 35.2 Å². The molecular weight excluding hydrogens is 364 g/mol. The van der Waals surface area contributed by atoms with E-state index in [1.54, 1.807) is 0 Å². The zero-order valence-corrected chi connectivity index (χ0v) is 15.4.